The lowest BCUT2D eigenvalue weighted by Gasteiger charge is -2.10. The monoisotopic (exact) mass is 248 g/mol. The zero-order chi connectivity index (χ0) is 11.0. The summed E-state index contributed by atoms with van der Waals surface area (Å²) in [6.07, 6.45) is -1.83. The second-order valence-electron chi connectivity index (χ2n) is 2.25. The van der Waals surface area contributed by atoms with Crippen LogP contribution < -0.4 is 0 Å². The highest BCUT2D eigenvalue weighted by Gasteiger charge is 2.43. The van der Waals surface area contributed by atoms with E-state index in [1.54, 1.807) is 0 Å². The lowest BCUT2D eigenvalue weighted by molar-refractivity contribution is -0.146. The normalized spacial score (nSPS) is 44.3. The van der Waals surface area contributed by atoms with E-state index in [2.05, 4.69) is 13.4 Å². The van der Waals surface area contributed by atoms with Gasteiger partial charge in [-0.05, 0) is 0 Å². The first-order chi connectivity index (χ1) is 6.22. The van der Waals surface area contributed by atoms with Gasteiger partial charge in [0.25, 0.3) is 0 Å². The number of carbonyl (C=O) groups is 1. The number of aliphatic carboxylic acids is 1. The van der Waals surface area contributed by atoms with Crippen LogP contribution in [0.3, 0.4) is 0 Å². The van der Waals surface area contributed by atoms with Crippen molar-refractivity contribution in [2.24, 2.45) is 0 Å². The SMILES string of the molecule is O=C(O)[C@@H]1COP(=O)(O)OP(=O)(O)O1. The zero-order valence-electron chi connectivity index (χ0n) is 6.47. The van der Waals surface area contributed by atoms with Crippen molar-refractivity contribution in [2.75, 3.05) is 6.61 Å². The summed E-state index contributed by atoms with van der Waals surface area (Å²) in [5, 5.41) is 8.40. The standard InChI is InChI=1S/C3H6O9P2/c4-3(5)2-1-10-13(6,7)12-14(8,9)11-2/h2H,1H2,(H,4,5)(H,6,7)(H,8,9)/t2-/m0/s1. The molecule has 11 heteroatoms. The van der Waals surface area contributed by atoms with Gasteiger partial charge >= 0.3 is 21.6 Å². The molecule has 3 N–H and O–H groups in total. The molecule has 1 heterocycles. The van der Waals surface area contributed by atoms with Crippen molar-refractivity contribution in [1.29, 1.82) is 0 Å². The first-order valence-electron chi connectivity index (χ1n) is 3.14. The minimum Gasteiger partial charge on any atom is -0.479 e. The largest absolute Gasteiger partial charge is 0.482 e. The van der Waals surface area contributed by atoms with Crippen molar-refractivity contribution in [3.05, 3.63) is 0 Å². The number of hydrogen-bond donors (Lipinski definition) is 3. The fraction of sp³-hybridized carbons (Fsp3) is 0.667. The Morgan fingerprint density at radius 2 is 1.86 bits per heavy atom. The van der Waals surface area contributed by atoms with Crippen LogP contribution >= 0.6 is 15.6 Å². The molecule has 2 unspecified atom stereocenters. The molecule has 0 radical (unpaired) electrons. The molecule has 3 atom stereocenters. The first kappa shape index (κ1) is 11.8. The molecular formula is C3H6O9P2. The molecule has 0 bridgehead atoms. The van der Waals surface area contributed by atoms with Gasteiger partial charge in [-0.3, -0.25) is 9.05 Å². The van der Waals surface area contributed by atoms with Gasteiger partial charge in [-0.2, -0.15) is 4.31 Å². The Bertz CT molecular complexity index is 335. The van der Waals surface area contributed by atoms with Crippen LogP contribution in [0.2, 0.25) is 0 Å². The summed E-state index contributed by atoms with van der Waals surface area (Å²) in [6, 6.07) is 0. The van der Waals surface area contributed by atoms with Crippen LogP contribution in [-0.2, 0) is 27.3 Å². The predicted octanol–water partition coefficient (Wildman–Crippen LogP) is -0.296. The fourth-order valence-corrected chi connectivity index (χ4v) is 2.82. The second kappa shape index (κ2) is 3.71. The minimum atomic E-state index is -4.88. The molecule has 0 amide bonds. The number of phosphoric ester groups is 2. The number of phosphoric acid groups is 2. The fourth-order valence-electron chi connectivity index (χ4n) is 0.643. The maximum atomic E-state index is 10.8. The van der Waals surface area contributed by atoms with Gasteiger partial charge in [-0.15, -0.1) is 0 Å². The van der Waals surface area contributed by atoms with Gasteiger partial charge in [0.15, 0.2) is 6.10 Å². The van der Waals surface area contributed by atoms with Gasteiger partial charge in [0, 0.05) is 0 Å². The van der Waals surface area contributed by atoms with Crippen LogP contribution in [0, 0.1) is 0 Å². The smallest absolute Gasteiger partial charge is 0.479 e. The van der Waals surface area contributed by atoms with E-state index in [0.29, 0.717) is 0 Å². The second-order valence-corrected chi connectivity index (χ2v) is 5.24. The van der Waals surface area contributed by atoms with Crippen LogP contribution in [0.4, 0.5) is 0 Å². The topological polar surface area (TPSA) is 140 Å². The summed E-state index contributed by atoms with van der Waals surface area (Å²) in [7, 11) is -9.61. The van der Waals surface area contributed by atoms with Crippen LogP contribution in [0.15, 0.2) is 0 Å². The lowest BCUT2D eigenvalue weighted by Crippen LogP contribution is -2.26. The Hall–Kier alpha value is -0.270. The van der Waals surface area contributed by atoms with Gasteiger partial charge in [0.1, 0.15) is 0 Å². The van der Waals surface area contributed by atoms with Crippen LogP contribution in [-0.4, -0.2) is 33.6 Å². The van der Waals surface area contributed by atoms with Crippen molar-refractivity contribution in [3.8, 4) is 0 Å². The Kier molecular flexibility index (Phi) is 3.13. The van der Waals surface area contributed by atoms with E-state index < -0.39 is 34.3 Å². The third-order valence-corrected chi connectivity index (χ3v) is 3.78. The quantitative estimate of drug-likeness (QED) is 0.533. The van der Waals surface area contributed by atoms with Crippen molar-refractivity contribution in [2.45, 2.75) is 6.10 Å². The van der Waals surface area contributed by atoms with Crippen molar-refractivity contribution in [3.63, 3.8) is 0 Å². The van der Waals surface area contributed by atoms with Gasteiger partial charge in [-0.25, -0.2) is 13.9 Å². The van der Waals surface area contributed by atoms with Gasteiger partial charge in [0.2, 0.25) is 0 Å². The van der Waals surface area contributed by atoms with Crippen LogP contribution in [0.5, 0.6) is 0 Å². The maximum Gasteiger partial charge on any atom is 0.482 e. The van der Waals surface area contributed by atoms with E-state index in [1.807, 2.05) is 0 Å². The highest BCUT2D eigenvalue weighted by atomic mass is 31.3. The molecule has 1 rings (SSSR count). The van der Waals surface area contributed by atoms with Crippen molar-refractivity contribution in [1.82, 2.24) is 0 Å². The summed E-state index contributed by atoms with van der Waals surface area (Å²) in [4.78, 5) is 27.8. The van der Waals surface area contributed by atoms with E-state index >= 15 is 0 Å². The van der Waals surface area contributed by atoms with E-state index in [4.69, 9.17) is 14.9 Å². The Morgan fingerprint density at radius 3 is 2.36 bits per heavy atom. The van der Waals surface area contributed by atoms with E-state index in [-0.39, 0.29) is 0 Å². The van der Waals surface area contributed by atoms with Gasteiger partial charge in [-0.1, -0.05) is 0 Å². The average Bonchev–Trinajstić information content (AvgIpc) is 2.04. The van der Waals surface area contributed by atoms with Crippen molar-refractivity contribution < 1.29 is 42.2 Å². The third kappa shape index (κ3) is 3.14. The summed E-state index contributed by atoms with van der Waals surface area (Å²) in [5.41, 5.74) is 0. The molecule has 1 saturated heterocycles. The molecule has 0 aliphatic carbocycles. The molecule has 14 heavy (non-hydrogen) atoms. The number of hydrogen-bond acceptors (Lipinski definition) is 6. The molecule has 0 aromatic rings. The van der Waals surface area contributed by atoms with Crippen LogP contribution in [0.1, 0.15) is 0 Å². The molecule has 82 valence electrons. The predicted molar refractivity (Wildman–Crippen MR) is 39.2 cm³/mol. The van der Waals surface area contributed by atoms with E-state index in [9.17, 15) is 13.9 Å². The number of carboxylic acid groups (broad SMARTS) is 1. The maximum absolute atomic E-state index is 10.8. The van der Waals surface area contributed by atoms with Gasteiger partial charge in [0.05, 0.1) is 6.61 Å². The molecule has 1 aliphatic rings. The Morgan fingerprint density at radius 1 is 1.29 bits per heavy atom. The van der Waals surface area contributed by atoms with Crippen molar-refractivity contribution >= 4 is 21.6 Å². The number of carboxylic acids is 1. The zero-order valence-corrected chi connectivity index (χ0v) is 8.26. The molecule has 1 fully saturated rings. The molecule has 0 aromatic carbocycles. The summed E-state index contributed by atoms with van der Waals surface area (Å²) >= 11 is 0. The molecule has 0 spiro atoms. The van der Waals surface area contributed by atoms with Crippen LogP contribution in [0.25, 0.3) is 0 Å². The highest BCUT2D eigenvalue weighted by Crippen LogP contribution is 2.62. The molecule has 0 aromatic heterocycles. The molecule has 0 saturated carbocycles. The molecule has 1 aliphatic heterocycles. The molecular weight excluding hydrogens is 242 g/mol. The summed E-state index contributed by atoms with van der Waals surface area (Å²) < 4.78 is 33.3. The highest BCUT2D eigenvalue weighted by molar-refractivity contribution is 7.61. The van der Waals surface area contributed by atoms with E-state index in [1.165, 1.54) is 0 Å². The Balaban J connectivity index is 2.90. The van der Waals surface area contributed by atoms with E-state index in [0.717, 1.165) is 0 Å². The summed E-state index contributed by atoms with van der Waals surface area (Å²) in [5.74, 6) is -1.61. The Labute approximate surface area is 77.4 Å². The minimum absolute atomic E-state index is 0.854. The van der Waals surface area contributed by atoms with Gasteiger partial charge < -0.3 is 14.9 Å². The number of rotatable bonds is 1. The lowest BCUT2D eigenvalue weighted by atomic mass is 10.4. The molecule has 9 nitrogen and oxygen atoms in total. The average molecular weight is 248 g/mol. The first-order valence-corrected chi connectivity index (χ1v) is 6.14. The third-order valence-electron chi connectivity index (χ3n) is 1.13. The summed E-state index contributed by atoms with van der Waals surface area (Å²) in [6.45, 7) is -0.854.